The third-order valence-corrected chi connectivity index (χ3v) is 8.04. The standard InChI is InChI=1S/C19H22N2O4S2/c1-12(18(22)16-6-5-14-3-2-4-15(14)10-16)26-19-21-20-17(25-19)9-13-7-8-27(23,24)11-13/h5-6,10,12-13H,2-4,7-9,11H2,1H3/t12-,13+/m1/s1. The van der Waals surface area contributed by atoms with E-state index in [2.05, 4.69) is 16.3 Å². The number of nitrogens with zero attached hydrogens (tertiary/aromatic N) is 2. The molecule has 1 aliphatic carbocycles. The molecule has 2 aromatic rings. The fraction of sp³-hybridized carbons (Fsp3) is 0.526. The van der Waals surface area contributed by atoms with Crippen LogP contribution in [0.3, 0.4) is 0 Å². The first kappa shape index (κ1) is 18.7. The Hall–Kier alpha value is -1.67. The molecule has 1 aliphatic heterocycles. The fourth-order valence-electron chi connectivity index (χ4n) is 3.81. The molecule has 0 spiro atoms. The number of carbonyl (C=O) groups excluding carboxylic acids is 1. The van der Waals surface area contributed by atoms with Crippen molar-refractivity contribution in [2.24, 2.45) is 5.92 Å². The zero-order valence-corrected chi connectivity index (χ0v) is 16.8. The molecule has 4 rings (SSSR count). The Labute approximate surface area is 163 Å². The number of Topliss-reactive ketones (excluding diaryl/α,β-unsaturated/α-hetero) is 1. The van der Waals surface area contributed by atoms with Gasteiger partial charge in [0.05, 0.1) is 16.8 Å². The van der Waals surface area contributed by atoms with E-state index in [1.807, 2.05) is 19.1 Å². The van der Waals surface area contributed by atoms with E-state index in [1.165, 1.54) is 22.9 Å². The molecular formula is C19H22N2O4S2. The molecule has 0 saturated carbocycles. The normalized spacial score (nSPS) is 21.9. The lowest BCUT2D eigenvalue weighted by atomic mass is 10.0. The highest BCUT2D eigenvalue weighted by Crippen LogP contribution is 2.29. The molecule has 27 heavy (non-hydrogen) atoms. The predicted octanol–water partition coefficient (Wildman–Crippen LogP) is 2.90. The molecule has 1 fully saturated rings. The summed E-state index contributed by atoms with van der Waals surface area (Å²) in [5, 5.41) is 8.05. The Morgan fingerprint density at radius 1 is 1.30 bits per heavy atom. The van der Waals surface area contributed by atoms with Crippen molar-refractivity contribution in [2.45, 2.75) is 49.5 Å². The second-order valence-corrected chi connectivity index (χ2v) is 10.9. The van der Waals surface area contributed by atoms with Crippen LogP contribution in [-0.2, 0) is 29.1 Å². The fourth-order valence-corrected chi connectivity index (χ4v) is 6.45. The highest BCUT2D eigenvalue weighted by molar-refractivity contribution is 8.00. The van der Waals surface area contributed by atoms with Crippen molar-refractivity contribution in [1.29, 1.82) is 0 Å². The zero-order valence-electron chi connectivity index (χ0n) is 15.2. The molecule has 0 bridgehead atoms. The Balaban J connectivity index is 1.37. The van der Waals surface area contributed by atoms with Crippen LogP contribution in [0.25, 0.3) is 0 Å². The third-order valence-electron chi connectivity index (χ3n) is 5.27. The number of fused-ring (bicyclic) bond motifs is 1. The van der Waals surface area contributed by atoms with Gasteiger partial charge in [-0.2, -0.15) is 0 Å². The number of ketones is 1. The van der Waals surface area contributed by atoms with Gasteiger partial charge in [-0.05, 0) is 55.7 Å². The van der Waals surface area contributed by atoms with Gasteiger partial charge in [-0.15, -0.1) is 10.2 Å². The first-order valence-electron chi connectivity index (χ1n) is 9.25. The highest BCUT2D eigenvalue weighted by Gasteiger charge is 2.29. The van der Waals surface area contributed by atoms with Gasteiger partial charge in [-0.1, -0.05) is 23.9 Å². The summed E-state index contributed by atoms with van der Waals surface area (Å²) in [6.07, 6.45) is 4.41. The van der Waals surface area contributed by atoms with Gasteiger partial charge in [0.25, 0.3) is 5.22 Å². The molecule has 1 aromatic heterocycles. The molecule has 2 aliphatic rings. The predicted molar refractivity (Wildman–Crippen MR) is 103 cm³/mol. The van der Waals surface area contributed by atoms with Crippen molar-refractivity contribution in [3.8, 4) is 0 Å². The molecule has 0 N–H and O–H groups in total. The molecule has 0 amide bonds. The topological polar surface area (TPSA) is 90.1 Å². The van der Waals surface area contributed by atoms with E-state index in [4.69, 9.17) is 4.42 Å². The number of hydrogen-bond acceptors (Lipinski definition) is 7. The molecular weight excluding hydrogens is 384 g/mol. The van der Waals surface area contributed by atoms with Crippen LogP contribution < -0.4 is 0 Å². The first-order chi connectivity index (χ1) is 12.9. The molecule has 8 heteroatoms. The van der Waals surface area contributed by atoms with E-state index in [0.29, 0.717) is 24.0 Å². The minimum absolute atomic E-state index is 0.0405. The minimum Gasteiger partial charge on any atom is -0.416 e. The summed E-state index contributed by atoms with van der Waals surface area (Å²) in [5.41, 5.74) is 3.36. The molecule has 2 atom stereocenters. The molecule has 2 heterocycles. The number of hydrogen-bond donors (Lipinski definition) is 0. The van der Waals surface area contributed by atoms with Crippen LogP contribution in [0.5, 0.6) is 0 Å². The summed E-state index contributed by atoms with van der Waals surface area (Å²) >= 11 is 1.25. The van der Waals surface area contributed by atoms with Crippen LogP contribution in [0, 0.1) is 5.92 Å². The van der Waals surface area contributed by atoms with Crippen molar-refractivity contribution >= 4 is 27.4 Å². The van der Waals surface area contributed by atoms with Crippen LogP contribution >= 0.6 is 11.8 Å². The van der Waals surface area contributed by atoms with Crippen LogP contribution in [-0.4, -0.2) is 41.2 Å². The quantitative estimate of drug-likeness (QED) is 0.538. The molecule has 0 radical (unpaired) electrons. The summed E-state index contributed by atoms with van der Waals surface area (Å²) in [6.45, 7) is 1.84. The summed E-state index contributed by atoms with van der Waals surface area (Å²) in [4.78, 5) is 12.7. The lowest BCUT2D eigenvalue weighted by Gasteiger charge is -2.09. The van der Waals surface area contributed by atoms with Gasteiger partial charge >= 0.3 is 0 Å². The van der Waals surface area contributed by atoms with E-state index >= 15 is 0 Å². The lowest BCUT2D eigenvalue weighted by Crippen LogP contribution is -2.13. The average molecular weight is 407 g/mol. The van der Waals surface area contributed by atoms with Crippen molar-refractivity contribution in [1.82, 2.24) is 10.2 Å². The maximum Gasteiger partial charge on any atom is 0.277 e. The van der Waals surface area contributed by atoms with E-state index in [9.17, 15) is 13.2 Å². The van der Waals surface area contributed by atoms with Crippen LogP contribution in [0.2, 0.25) is 0 Å². The maximum atomic E-state index is 12.7. The monoisotopic (exact) mass is 406 g/mol. The number of carbonyl (C=O) groups is 1. The van der Waals surface area contributed by atoms with Gasteiger partial charge in [0, 0.05) is 12.0 Å². The van der Waals surface area contributed by atoms with Gasteiger partial charge in [0.1, 0.15) is 0 Å². The second kappa shape index (κ2) is 7.39. The Morgan fingerprint density at radius 3 is 2.89 bits per heavy atom. The van der Waals surface area contributed by atoms with Gasteiger partial charge in [-0.25, -0.2) is 8.42 Å². The molecule has 1 aromatic carbocycles. The van der Waals surface area contributed by atoms with Gasteiger partial charge < -0.3 is 4.42 Å². The number of aromatic nitrogens is 2. The van der Waals surface area contributed by atoms with Crippen LogP contribution in [0.1, 0.15) is 47.1 Å². The maximum absolute atomic E-state index is 12.7. The largest absolute Gasteiger partial charge is 0.416 e. The Morgan fingerprint density at radius 2 is 2.11 bits per heavy atom. The van der Waals surface area contributed by atoms with Crippen molar-refractivity contribution in [2.75, 3.05) is 11.5 Å². The number of rotatable bonds is 6. The zero-order chi connectivity index (χ0) is 19.0. The van der Waals surface area contributed by atoms with E-state index in [0.717, 1.165) is 24.8 Å². The summed E-state index contributed by atoms with van der Waals surface area (Å²) in [5.74, 6) is 0.956. The smallest absolute Gasteiger partial charge is 0.277 e. The summed E-state index contributed by atoms with van der Waals surface area (Å²) in [6, 6.07) is 5.98. The van der Waals surface area contributed by atoms with E-state index < -0.39 is 9.84 Å². The van der Waals surface area contributed by atoms with E-state index in [-0.39, 0.29) is 28.5 Å². The number of thioether (sulfide) groups is 1. The number of sulfone groups is 1. The third kappa shape index (κ3) is 4.27. The lowest BCUT2D eigenvalue weighted by molar-refractivity contribution is 0.0993. The summed E-state index contributed by atoms with van der Waals surface area (Å²) < 4.78 is 28.7. The van der Waals surface area contributed by atoms with Gasteiger partial charge in [-0.3, -0.25) is 4.79 Å². The molecule has 1 saturated heterocycles. The van der Waals surface area contributed by atoms with Gasteiger partial charge in [0.15, 0.2) is 15.6 Å². The average Bonchev–Trinajstić information content (AvgIpc) is 3.34. The number of benzene rings is 1. The first-order valence-corrected chi connectivity index (χ1v) is 12.0. The second-order valence-electron chi connectivity index (χ2n) is 7.40. The van der Waals surface area contributed by atoms with Crippen LogP contribution in [0.15, 0.2) is 27.8 Å². The number of aryl methyl sites for hydroxylation is 2. The minimum atomic E-state index is -2.91. The van der Waals surface area contributed by atoms with Crippen molar-refractivity contribution < 1.29 is 17.6 Å². The molecule has 6 nitrogen and oxygen atoms in total. The van der Waals surface area contributed by atoms with Crippen molar-refractivity contribution in [3.63, 3.8) is 0 Å². The molecule has 0 unspecified atom stereocenters. The Bertz CT molecular complexity index is 968. The van der Waals surface area contributed by atoms with E-state index in [1.54, 1.807) is 0 Å². The Kier molecular flexibility index (Phi) is 5.11. The SMILES string of the molecule is C[C@@H](Sc1nnc(C[C@@H]2CCS(=O)(=O)C2)o1)C(=O)c1ccc2c(c1)CCC2. The van der Waals surface area contributed by atoms with Gasteiger partial charge in [0.2, 0.25) is 5.89 Å². The summed E-state index contributed by atoms with van der Waals surface area (Å²) in [7, 11) is -2.91. The molecule has 144 valence electrons. The van der Waals surface area contributed by atoms with Crippen molar-refractivity contribution in [3.05, 3.63) is 40.8 Å². The highest BCUT2D eigenvalue weighted by atomic mass is 32.2. The van der Waals surface area contributed by atoms with Crippen LogP contribution in [0.4, 0.5) is 0 Å².